The minimum absolute atomic E-state index is 0.0981. The van der Waals surface area contributed by atoms with E-state index in [1.807, 2.05) is 48.5 Å². The fraction of sp³-hybridized carbons (Fsp3) is 0.0667. The van der Waals surface area contributed by atoms with Crippen molar-refractivity contribution in [1.29, 1.82) is 0 Å². The number of thioether (sulfide) groups is 2. The molecule has 11 heteroatoms. The number of aromatic nitrogens is 2. The molecule has 0 aliphatic rings. The normalized spacial score (nSPS) is 11.0. The van der Waals surface area contributed by atoms with Crippen LogP contribution < -0.4 is 15.4 Å². The number of para-hydroxylation sites is 2. The average Bonchev–Trinajstić information content (AvgIpc) is 3.61. The third-order valence-corrected chi connectivity index (χ3v) is 10.1. The molecule has 7 nitrogen and oxygen atoms in total. The number of carbonyl (C=O) groups excluding carboxylic acids is 2. The van der Waals surface area contributed by atoms with Crippen LogP contribution in [-0.4, -0.2) is 33.3 Å². The number of fused-ring (bicyclic) bond motifs is 2. The fourth-order valence-corrected chi connectivity index (χ4v) is 7.56. The van der Waals surface area contributed by atoms with Gasteiger partial charge in [0, 0.05) is 11.4 Å². The van der Waals surface area contributed by atoms with E-state index in [0.717, 1.165) is 29.1 Å². The molecular formula is C30H22N4O3S4. The Labute approximate surface area is 252 Å². The lowest BCUT2D eigenvalue weighted by Gasteiger charge is -2.09. The highest BCUT2D eigenvalue weighted by atomic mass is 32.2. The maximum Gasteiger partial charge on any atom is 0.234 e. The molecule has 2 N–H and O–H groups in total. The second-order valence-electron chi connectivity index (χ2n) is 8.72. The largest absolute Gasteiger partial charge is 0.457 e. The zero-order chi connectivity index (χ0) is 28.0. The van der Waals surface area contributed by atoms with Crippen molar-refractivity contribution in [2.24, 2.45) is 0 Å². The van der Waals surface area contributed by atoms with E-state index in [9.17, 15) is 9.59 Å². The summed E-state index contributed by atoms with van der Waals surface area (Å²) >= 11 is 6.02. The van der Waals surface area contributed by atoms with E-state index >= 15 is 0 Å². The Kier molecular flexibility index (Phi) is 8.47. The van der Waals surface area contributed by atoms with Gasteiger partial charge in [-0.1, -0.05) is 47.8 Å². The summed E-state index contributed by atoms with van der Waals surface area (Å²) in [5.41, 5.74) is 3.28. The molecule has 2 aromatic heterocycles. The average molecular weight is 615 g/mol. The van der Waals surface area contributed by atoms with Gasteiger partial charge in [0.25, 0.3) is 0 Å². The van der Waals surface area contributed by atoms with Crippen LogP contribution in [0.2, 0.25) is 0 Å². The minimum atomic E-state index is -0.0981. The number of nitrogens with zero attached hydrogens (tertiary/aromatic N) is 2. The van der Waals surface area contributed by atoms with E-state index in [-0.39, 0.29) is 23.3 Å². The maximum atomic E-state index is 12.4. The van der Waals surface area contributed by atoms with Crippen LogP contribution >= 0.6 is 46.2 Å². The molecule has 6 rings (SSSR count). The van der Waals surface area contributed by atoms with Crippen molar-refractivity contribution in [3.8, 4) is 11.5 Å². The second-order valence-corrected chi connectivity index (χ2v) is 13.2. The van der Waals surface area contributed by atoms with Gasteiger partial charge >= 0.3 is 0 Å². The van der Waals surface area contributed by atoms with Crippen molar-refractivity contribution in [2.45, 2.75) is 8.68 Å². The van der Waals surface area contributed by atoms with E-state index in [4.69, 9.17) is 4.74 Å². The Balaban J connectivity index is 0.949. The number of nitrogens with one attached hydrogen (secondary N) is 2. The van der Waals surface area contributed by atoms with Gasteiger partial charge in [-0.2, -0.15) is 0 Å². The number of ether oxygens (including phenoxy) is 1. The molecule has 0 saturated carbocycles. The van der Waals surface area contributed by atoms with Gasteiger partial charge in [0.15, 0.2) is 8.68 Å². The summed E-state index contributed by atoms with van der Waals surface area (Å²) in [4.78, 5) is 33.9. The molecule has 0 saturated heterocycles. The fourth-order valence-electron chi connectivity index (χ4n) is 3.82. The first-order chi connectivity index (χ1) is 20.1. The van der Waals surface area contributed by atoms with Crippen molar-refractivity contribution in [2.75, 3.05) is 22.1 Å². The molecule has 0 spiro atoms. The zero-order valence-electron chi connectivity index (χ0n) is 21.4. The summed E-state index contributed by atoms with van der Waals surface area (Å²) in [7, 11) is 0. The van der Waals surface area contributed by atoms with Gasteiger partial charge in [-0.15, -0.1) is 22.7 Å². The number of carbonyl (C=O) groups is 2. The number of thiazole rings is 2. The molecule has 0 atom stereocenters. The smallest absolute Gasteiger partial charge is 0.234 e. The van der Waals surface area contributed by atoms with Gasteiger partial charge in [0.05, 0.1) is 31.9 Å². The van der Waals surface area contributed by atoms with Crippen molar-refractivity contribution >= 4 is 89.8 Å². The summed E-state index contributed by atoms with van der Waals surface area (Å²) in [6.45, 7) is 0. The van der Waals surface area contributed by atoms with Crippen molar-refractivity contribution in [1.82, 2.24) is 9.97 Å². The molecule has 6 aromatic rings. The topological polar surface area (TPSA) is 93.2 Å². The van der Waals surface area contributed by atoms with Gasteiger partial charge in [0.1, 0.15) is 11.5 Å². The van der Waals surface area contributed by atoms with Gasteiger partial charge < -0.3 is 15.4 Å². The number of amides is 2. The van der Waals surface area contributed by atoms with E-state index in [1.54, 1.807) is 71.2 Å². The summed E-state index contributed by atoms with van der Waals surface area (Å²) in [6.07, 6.45) is 0. The lowest BCUT2D eigenvalue weighted by Crippen LogP contribution is -2.13. The Morgan fingerprint density at radius 1 is 0.610 bits per heavy atom. The Hall–Kier alpha value is -3.90. The lowest BCUT2D eigenvalue weighted by molar-refractivity contribution is -0.114. The van der Waals surface area contributed by atoms with Crippen LogP contribution in [0.5, 0.6) is 11.5 Å². The van der Waals surface area contributed by atoms with E-state index in [0.29, 0.717) is 22.9 Å². The van der Waals surface area contributed by atoms with Crippen LogP contribution in [0.4, 0.5) is 11.4 Å². The zero-order valence-corrected chi connectivity index (χ0v) is 24.7. The van der Waals surface area contributed by atoms with Crippen LogP contribution in [0.1, 0.15) is 0 Å². The first-order valence-corrected chi connectivity index (χ1v) is 16.1. The molecule has 4 aromatic carbocycles. The quantitative estimate of drug-likeness (QED) is 0.150. The molecule has 0 aliphatic carbocycles. The van der Waals surface area contributed by atoms with E-state index < -0.39 is 0 Å². The maximum absolute atomic E-state index is 12.4. The van der Waals surface area contributed by atoms with Gasteiger partial charge in [-0.25, -0.2) is 9.97 Å². The van der Waals surface area contributed by atoms with E-state index in [2.05, 4.69) is 20.6 Å². The molecule has 41 heavy (non-hydrogen) atoms. The molecule has 2 heterocycles. The van der Waals surface area contributed by atoms with Crippen LogP contribution in [0, 0.1) is 0 Å². The monoisotopic (exact) mass is 614 g/mol. The number of anilines is 2. The van der Waals surface area contributed by atoms with Gasteiger partial charge in [-0.3, -0.25) is 9.59 Å². The lowest BCUT2D eigenvalue weighted by atomic mass is 10.3. The molecule has 0 bridgehead atoms. The van der Waals surface area contributed by atoms with Crippen molar-refractivity contribution in [3.63, 3.8) is 0 Å². The Morgan fingerprint density at radius 3 is 1.44 bits per heavy atom. The molecule has 0 radical (unpaired) electrons. The standard InChI is InChI=1S/C30H22N4O3S4/c35-27(17-38-29-33-23-5-1-3-7-25(23)40-29)31-19-9-13-21(14-10-19)37-22-15-11-20(12-16-22)32-28(36)18-39-30-34-24-6-2-4-8-26(24)41-30/h1-16H,17-18H2,(H,31,35)(H,32,36). The number of hydrogen-bond donors (Lipinski definition) is 2. The van der Waals surface area contributed by atoms with Crippen LogP contribution in [0.15, 0.2) is 106 Å². The van der Waals surface area contributed by atoms with Crippen LogP contribution in [-0.2, 0) is 9.59 Å². The van der Waals surface area contributed by atoms with Crippen LogP contribution in [0.3, 0.4) is 0 Å². The molecular weight excluding hydrogens is 593 g/mol. The number of benzene rings is 4. The highest BCUT2D eigenvalue weighted by molar-refractivity contribution is 8.02. The molecule has 0 fully saturated rings. The number of hydrogen-bond acceptors (Lipinski definition) is 9. The first-order valence-electron chi connectivity index (χ1n) is 12.5. The Morgan fingerprint density at radius 2 is 1.02 bits per heavy atom. The highest BCUT2D eigenvalue weighted by Crippen LogP contribution is 2.31. The summed E-state index contributed by atoms with van der Waals surface area (Å²) in [5.74, 6) is 1.63. The van der Waals surface area contributed by atoms with E-state index in [1.165, 1.54) is 23.5 Å². The summed E-state index contributed by atoms with van der Waals surface area (Å²) in [6, 6.07) is 30.3. The predicted octanol–water partition coefficient (Wildman–Crippen LogP) is 8.16. The predicted molar refractivity (Wildman–Crippen MR) is 171 cm³/mol. The number of rotatable bonds is 10. The highest BCUT2D eigenvalue weighted by Gasteiger charge is 2.10. The molecule has 2 amide bonds. The van der Waals surface area contributed by atoms with Gasteiger partial charge in [-0.05, 0) is 72.8 Å². The third-order valence-electron chi connectivity index (χ3n) is 5.71. The summed E-state index contributed by atoms with van der Waals surface area (Å²) < 4.78 is 9.89. The SMILES string of the molecule is O=C(CSc1nc2ccccc2s1)Nc1ccc(Oc2ccc(NC(=O)CSc3nc4ccccc4s3)cc2)cc1. The molecule has 204 valence electrons. The van der Waals surface area contributed by atoms with Crippen molar-refractivity contribution < 1.29 is 14.3 Å². The Bertz CT molecular complexity index is 1620. The second kappa shape index (κ2) is 12.7. The molecule has 0 unspecified atom stereocenters. The van der Waals surface area contributed by atoms with Gasteiger partial charge in [0.2, 0.25) is 11.8 Å². The molecule has 0 aliphatic heterocycles. The van der Waals surface area contributed by atoms with Crippen LogP contribution in [0.25, 0.3) is 20.4 Å². The first kappa shape index (κ1) is 27.3. The minimum Gasteiger partial charge on any atom is -0.457 e. The summed E-state index contributed by atoms with van der Waals surface area (Å²) in [5, 5.41) is 5.81. The third kappa shape index (κ3) is 7.25. The van der Waals surface area contributed by atoms with Crippen molar-refractivity contribution in [3.05, 3.63) is 97.1 Å².